The van der Waals surface area contributed by atoms with Gasteiger partial charge >= 0.3 is 0 Å². The summed E-state index contributed by atoms with van der Waals surface area (Å²) >= 11 is 0. The highest BCUT2D eigenvalue weighted by atomic mass is 19.1. The number of anilines is 1. The summed E-state index contributed by atoms with van der Waals surface area (Å²) in [6.45, 7) is 3.76. The van der Waals surface area contributed by atoms with Gasteiger partial charge in [-0.1, -0.05) is 0 Å². The first-order valence-electron chi connectivity index (χ1n) is 11.8. The Balaban J connectivity index is 1.40. The van der Waals surface area contributed by atoms with Crippen molar-refractivity contribution in [3.63, 3.8) is 0 Å². The third-order valence-electron chi connectivity index (χ3n) is 6.46. The SMILES string of the molecule is COc1ccc(-c2nc3c(nc2N2CCC(Oc4ccc(F)cc4F)CC2)CCN(C(C)=O)C3)nn1. The molecule has 9 nitrogen and oxygen atoms in total. The Bertz CT molecular complexity index is 1270. The first-order chi connectivity index (χ1) is 17.4. The molecule has 3 aromatic rings. The zero-order valence-corrected chi connectivity index (χ0v) is 20.1. The maximum atomic E-state index is 14.0. The van der Waals surface area contributed by atoms with Gasteiger partial charge in [-0.15, -0.1) is 10.2 Å². The van der Waals surface area contributed by atoms with Crippen molar-refractivity contribution in [3.8, 4) is 23.0 Å². The number of benzene rings is 1. The van der Waals surface area contributed by atoms with Gasteiger partial charge in [0.25, 0.3) is 0 Å². The van der Waals surface area contributed by atoms with Crippen LogP contribution in [0.1, 0.15) is 31.2 Å². The van der Waals surface area contributed by atoms with Crippen LogP contribution in [0, 0.1) is 11.6 Å². The van der Waals surface area contributed by atoms with Crippen molar-refractivity contribution in [1.29, 1.82) is 0 Å². The van der Waals surface area contributed by atoms with Gasteiger partial charge in [0.05, 0.1) is 25.0 Å². The summed E-state index contributed by atoms with van der Waals surface area (Å²) in [5.41, 5.74) is 2.74. The van der Waals surface area contributed by atoms with E-state index < -0.39 is 11.6 Å². The molecule has 2 aliphatic heterocycles. The van der Waals surface area contributed by atoms with Gasteiger partial charge in [0.1, 0.15) is 23.3 Å². The molecule has 1 saturated heterocycles. The molecule has 0 spiro atoms. The third-order valence-corrected chi connectivity index (χ3v) is 6.46. The Morgan fingerprint density at radius 2 is 1.83 bits per heavy atom. The molecule has 188 valence electrons. The van der Waals surface area contributed by atoms with Crippen LogP contribution in [0.2, 0.25) is 0 Å². The van der Waals surface area contributed by atoms with Gasteiger partial charge in [0, 0.05) is 58.0 Å². The Kier molecular flexibility index (Phi) is 6.62. The number of carbonyl (C=O) groups excluding carboxylic acids is 1. The van der Waals surface area contributed by atoms with Crippen LogP contribution in [0.4, 0.5) is 14.6 Å². The van der Waals surface area contributed by atoms with Crippen molar-refractivity contribution in [1.82, 2.24) is 25.1 Å². The molecule has 2 aromatic heterocycles. The molecule has 2 aliphatic rings. The van der Waals surface area contributed by atoms with Crippen LogP contribution < -0.4 is 14.4 Å². The number of hydrogen-bond acceptors (Lipinski definition) is 8. The van der Waals surface area contributed by atoms with Crippen LogP contribution in [0.15, 0.2) is 30.3 Å². The van der Waals surface area contributed by atoms with Crippen molar-refractivity contribution in [3.05, 3.63) is 53.4 Å². The van der Waals surface area contributed by atoms with Gasteiger partial charge in [-0.25, -0.2) is 18.7 Å². The molecule has 0 saturated carbocycles. The molecular formula is C25H26F2N6O3. The lowest BCUT2D eigenvalue weighted by Crippen LogP contribution is -2.40. The largest absolute Gasteiger partial charge is 0.487 e. The van der Waals surface area contributed by atoms with E-state index in [4.69, 9.17) is 19.4 Å². The van der Waals surface area contributed by atoms with Crippen LogP contribution in [0.3, 0.4) is 0 Å². The summed E-state index contributed by atoms with van der Waals surface area (Å²) < 4.78 is 38.2. The number of piperidine rings is 1. The number of hydrogen-bond donors (Lipinski definition) is 0. The normalized spacial score (nSPS) is 16.0. The predicted molar refractivity (Wildman–Crippen MR) is 127 cm³/mol. The van der Waals surface area contributed by atoms with Crippen LogP contribution in [0.25, 0.3) is 11.4 Å². The first kappa shape index (κ1) is 23.8. The van der Waals surface area contributed by atoms with Gasteiger partial charge in [0.2, 0.25) is 11.8 Å². The van der Waals surface area contributed by atoms with Crippen molar-refractivity contribution in [2.75, 3.05) is 31.6 Å². The Morgan fingerprint density at radius 3 is 2.50 bits per heavy atom. The van der Waals surface area contributed by atoms with Crippen LogP contribution in [0.5, 0.6) is 11.6 Å². The van der Waals surface area contributed by atoms with Gasteiger partial charge in [-0.2, -0.15) is 0 Å². The highest BCUT2D eigenvalue weighted by Crippen LogP contribution is 2.32. The molecule has 0 atom stereocenters. The second kappa shape index (κ2) is 10.00. The van der Waals surface area contributed by atoms with Crippen molar-refractivity contribution in [2.45, 2.75) is 38.8 Å². The van der Waals surface area contributed by atoms with E-state index in [1.54, 1.807) is 24.0 Å². The first-order valence-corrected chi connectivity index (χ1v) is 11.8. The number of amides is 1. The number of aromatic nitrogens is 4. The van der Waals surface area contributed by atoms with Crippen molar-refractivity contribution < 1.29 is 23.0 Å². The number of halogens is 2. The standard InChI is InChI=1S/C25H26F2N6O3/c1-15(34)33-12-9-19-21(14-33)28-24(20-4-6-23(35-2)31-30-20)25(29-19)32-10-7-17(8-11-32)36-22-5-3-16(26)13-18(22)27/h3-6,13,17H,7-12,14H2,1-2H3. The third kappa shape index (κ3) is 4.91. The predicted octanol–water partition coefficient (Wildman–Crippen LogP) is 3.17. The molecule has 0 radical (unpaired) electrons. The van der Waals surface area contributed by atoms with Crippen molar-refractivity contribution in [2.24, 2.45) is 0 Å². The Hall–Kier alpha value is -3.89. The van der Waals surface area contributed by atoms with Gasteiger partial charge in [0.15, 0.2) is 17.4 Å². The van der Waals surface area contributed by atoms with Crippen LogP contribution in [-0.4, -0.2) is 63.8 Å². The lowest BCUT2D eigenvalue weighted by Gasteiger charge is -2.35. The highest BCUT2D eigenvalue weighted by Gasteiger charge is 2.29. The number of ether oxygens (including phenoxy) is 2. The molecule has 0 bridgehead atoms. The minimum Gasteiger partial charge on any atom is -0.487 e. The number of fused-ring (bicyclic) bond motifs is 1. The van der Waals surface area contributed by atoms with Gasteiger partial charge < -0.3 is 19.3 Å². The van der Waals surface area contributed by atoms with E-state index in [9.17, 15) is 13.6 Å². The summed E-state index contributed by atoms with van der Waals surface area (Å²) in [6.07, 6.45) is 1.66. The van der Waals surface area contributed by atoms with Crippen LogP contribution in [-0.2, 0) is 17.8 Å². The van der Waals surface area contributed by atoms with Crippen molar-refractivity contribution >= 4 is 11.7 Å². The molecule has 5 rings (SSSR count). The maximum absolute atomic E-state index is 14.0. The second-order valence-electron chi connectivity index (χ2n) is 8.82. The highest BCUT2D eigenvalue weighted by molar-refractivity contribution is 5.74. The second-order valence-corrected chi connectivity index (χ2v) is 8.82. The molecule has 0 aliphatic carbocycles. The van der Waals surface area contributed by atoms with E-state index in [0.717, 1.165) is 17.5 Å². The summed E-state index contributed by atoms with van der Waals surface area (Å²) in [7, 11) is 1.52. The molecule has 0 N–H and O–H groups in total. The Labute approximate surface area is 207 Å². The number of rotatable bonds is 5. The summed E-state index contributed by atoms with van der Waals surface area (Å²) in [5, 5.41) is 8.37. The molecular weight excluding hydrogens is 470 g/mol. The van der Waals surface area contributed by atoms with Crippen LogP contribution >= 0.6 is 0 Å². The van der Waals surface area contributed by atoms with Gasteiger partial charge in [-0.3, -0.25) is 4.79 Å². The average Bonchev–Trinajstić information content (AvgIpc) is 2.89. The molecule has 11 heteroatoms. The minimum absolute atomic E-state index is 0.00280. The zero-order chi connectivity index (χ0) is 25.2. The minimum atomic E-state index is -0.710. The van der Waals surface area contributed by atoms with E-state index in [1.165, 1.54) is 19.2 Å². The number of methoxy groups -OCH3 is 1. The van der Waals surface area contributed by atoms with Gasteiger partial charge in [-0.05, 0) is 18.2 Å². The maximum Gasteiger partial charge on any atom is 0.233 e. The molecule has 1 amide bonds. The summed E-state index contributed by atoms with van der Waals surface area (Å²) in [5.74, 6) is -0.223. The summed E-state index contributed by atoms with van der Waals surface area (Å²) in [4.78, 5) is 25.7. The quantitative estimate of drug-likeness (QED) is 0.532. The molecule has 36 heavy (non-hydrogen) atoms. The summed E-state index contributed by atoms with van der Waals surface area (Å²) in [6, 6.07) is 6.82. The van der Waals surface area contributed by atoms with E-state index in [1.807, 2.05) is 0 Å². The van der Waals surface area contributed by atoms with E-state index in [2.05, 4.69) is 15.1 Å². The Morgan fingerprint density at radius 1 is 1.03 bits per heavy atom. The van der Waals surface area contributed by atoms with E-state index in [-0.39, 0.29) is 17.8 Å². The lowest BCUT2D eigenvalue weighted by molar-refractivity contribution is -0.129. The van der Waals surface area contributed by atoms with E-state index in [0.29, 0.717) is 68.5 Å². The molecule has 0 unspecified atom stereocenters. The molecule has 1 aromatic carbocycles. The number of nitrogens with zero attached hydrogens (tertiary/aromatic N) is 6. The fourth-order valence-corrected chi connectivity index (χ4v) is 4.47. The average molecular weight is 497 g/mol. The molecule has 1 fully saturated rings. The number of carbonyl (C=O) groups is 1. The fourth-order valence-electron chi connectivity index (χ4n) is 4.47. The monoisotopic (exact) mass is 496 g/mol. The smallest absolute Gasteiger partial charge is 0.233 e. The zero-order valence-electron chi connectivity index (χ0n) is 20.1. The molecule has 4 heterocycles. The lowest BCUT2D eigenvalue weighted by atomic mass is 10.1. The topological polar surface area (TPSA) is 93.6 Å². The van der Waals surface area contributed by atoms with E-state index >= 15 is 0 Å². The fraction of sp³-hybridized carbons (Fsp3) is 0.400.